The van der Waals surface area contributed by atoms with Crippen molar-refractivity contribution in [3.63, 3.8) is 0 Å². The number of aryl methyl sites for hydroxylation is 3. The third-order valence-corrected chi connectivity index (χ3v) is 9.35. The van der Waals surface area contributed by atoms with Crippen molar-refractivity contribution in [2.75, 3.05) is 32.1 Å². The van der Waals surface area contributed by atoms with Crippen LogP contribution in [0.5, 0.6) is 5.75 Å². The van der Waals surface area contributed by atoms with E-state index in [0.717, 1.165) is 46.5 Å². The first-order valence-electron chi connectivity index (χ1n) is 13.9. The molecule has 1 saturated heterocycles. The summed E-state index contributed by atoms with van der Waals surface area (Å²) >= 11 is 0. The summed E-state index contributed by atoms with van der Waals surface area (Å²) in [5, 5.41) is 2.89. The Morgan fingerprint density at radius 2 is 1.79 bits per heavy atom. The zero-order valence-corrected chi connectivity index (χ0v) is 25.1. The monoisotopic (exact) mass is 588 g/mol. The molecule has 1 atom stereocenters. The fourth-order valence-electron chi connectivity index (χ4n) is 4.89. The summed E-state index contributed by atoms with van der Waals surface area (Å²) in [5.74, 6) is 0.515. The Kier molecular flexibility index (Phi) is 8.77. The van der Waals surface area contributed by atoms with Crippen LogP contribution in [0.1, 0.15) is 29.5 Å². The summed E-state index contributed by atoms with van der Waals surface area (Å²) in [4.78, 5) is 18.4. The second-order valence-corrected chi connectivity index (χ2v) is 12.5. The van der Waals surface area contributed by atoms with Gasteiger partial charge in [-0.25, -0.2) is 13.4 Å². The summed E-state index contributed by atoms with van der Waals surface area (Å²) in [7, 11) is -2.35. The summed E-state index contributed by atoms with van der Waals surface area (Å²) in [6, 6.07) is 20.1. The number of aromatic nitrogens is 2. The molecule has 0 saturated carbocycles. The highest BCUT2D eigenvalue weighted by Crippen LogP contribution is 2.27. The highest BCUT2D eigenvalue weighted by Gasteiger charge is 2.31. The van der Waals surface area contributed by atoms with Gasteiger partial charge in [0.1, 0.15) is 5.75 Å². The van der Waals surface area contributed by atoms with Crippen molar-refractivity contribution in [1.82, 2.24) is 13.9 Å². The minimum atomic E-state index is -3.96. The predicted molar refractivity (Wildman–Crippen MR) is 163 cm³/mol. The maximum Gasteiger partial charge on any atom is 0.243 e. The van der Waals surface area contributed by atoms with Gasteiger partial charge in [-0.1, -0.05) is 23.8 Å². The summed E-state index contributed by atoms with van der Waals surface area (Å²) < 4.78 is 41.4. The molecule has 5 rings (SSSR count). The number of hydrogen-bond donors (Lipinski definition) is 1. The van der Waals surface area contributed by atoms with Gasteiger partial charge in [-0.05, 0) is 93.3 Å². The van der Waals surface area contributed by atoms with Crippen LogP contribution in [0.4, 0.5) is 5.95 Å². The van der Waals surface area contributed by atoms with Crippen LogP contribution in [0, 0.1) is 20.8 Å². The largest absolute Gasteiger partial charge is 0.497 e. The quantitative estimate of drug-likeness (QED) is 0.270. The number of amides is 1. The Balaban J connectivity index is 1.46. The minimum absolute atomic E-state index is 0.0896. The van der Waals surface area contributed by atoms with Crippen LogP contribution in [0.3, 0.4) is 0 Å². The first kappa shape index (κ1) is 29.5. The Morgan fingerprint density at radius 1 is 1.05 bits per heavy atom. The number of hydrogen-bond acceptors (Lipinski definition) is 6. The summed E-state index contributed by atoms with van der Waals surface area (Å²) in [6.07, 6.45) is 3.19. The van der Waals surface area contributed by atoms with Gasteiger partial charge < -0.3 is 9.47 Å². The molecule has 0 bridgehead atoms. The van der Waals surface area contributed by atoms with Gasteiger partial charge in [0.2, 0.25) is 21.9 Å². The van der Waals surface area contributed by atoms with Gasteiger partial charge in [0.15, 0.2) is 0 Å². The van der Waals surface area contributed by atoms with E-state index in [1.165, 1.54) is 4.31 Å². The number of imidazole rings is 1. The second-order valence-electron chi connectivity index (χ2n) is 10.6. The molecule has 0 radical (unpaired) electrons. The van der Waals surface area contributed by atoms with Gasteiger partial charge in [-0.2, -0.15) is 4.31 Å². The van der Waals surface area contributed by atoms with Crippen LogP contribution < -0.4 is 10.1 Å². The van der Waals surface area contributed by atoms with Crippen LogP contribution in [0.25, 0.3) is 16.9 Å². The topological polar surface area (TPSA) is 103 Å². The lowest BCUT2D eigenvalue weighted by atomic mass is 10.1. The molecule has 42 heavy (non-hydrogen) atoms. The van der Waals surface area contributed by atoms with Gasteiger partial charge >= 0.3 is 0 Å². The number of methoxy groups -OCH3 is 1. The fourth-order valence-corrected chi connectivity index (χ4v) is 6.32. The predicted octanol–water partition coefficient (Wildman–Crippen LogP) is 5.28. The maximum atomic E-state index is 13.7. The van der Waals surface area contributed by atoms with Gasteiger partial charge in [0.05, 0.1) is 30.3 Å². The molecule has 1 fully saturated rings. The van der Waals surface area contributed by atoms with Crippen LogP contribution in [-0.2, 0) is 19.6 Å². The molecule has 1 aliphatic heterocycles. The number of rotatable bonds is 10. The Bertz CT molecular complexity index is 1660. The van der Waals surface area contributed by atoms with Crippen molar-refractivity contribution < 1.29 is 22.7 Å². The van der Waals surface area contributed by atoms with Crippen LogP contribution in [-0.4, -0.2) is 61.1 Å². The molecular weight excluding hydrogens is 552 g/mol. The van der Waals surface area contributed by atoms with Crippen LogP contribution >= 0.6 is 0 Å². The van der Waals surface area contributed by atoms with E-state index in [-0.39, 0.29) is 24.1 Å². The summed E-state index contributed by atoms with van der Waals surface area (Å²) in [5.41, 5.74) is 5.50. The van der Waals surface area contributed by atoms with Crippen molar-refractivity contribution in [1.29, 1.82) is 0 Å². The van der Waals surface area contributed by atoms with Crippen LogP contribution in [0.2, 0.25) is 0 Å². The Labute approximate surface area is 247 Å². The van der Waals surface area contributed by atoms with Gasteiger partial charge in [-0.3, -0.25) is 14.7 Å². The maximum absolute atomic E-state index is 13.7. The van der Waals surface area contributed by atoms with E-state index < -0.39 is 15.9 Å². The van der Waals surface area contributed by atoms with Crippen molar-refractivity contribution in [2.24, 2.45) is 0 Å². The SMILES string of the molecule is COc1ccc(-c2cn(-c3ccc(C)c(C)c3)c(NC(=O)CN(CC3CCCO3)S(=O)(=O)c3ccc(C)cc3)n2)cc1. The van der Waals surface area contributed by atoms with Crippen molar-refractivity contribution in [3.8, 4) is 22.7 Å². The van der Waals surface area contributed by atoms with Crippen molar-refractivity contribution in [2.45, 2.75) is 44.6 Å². The van der Waals surface area contributed by atoms with E-state index in [1.54, 1.807) is 31.4 Å². The highest BCUT2D eigenvalue weighted by atomic mass is 32.2. The molecule has 1 N–H and O–H groups in total. The molecule has 220 valence electrons. The number of ether oxygens (including phenoxy) is 2. The van der Waals surface area contributed by atoms with Gasteiger partial charge in [0, 0.05) is 30.6 Å². The van der Waals surface area contributed by atoms with Crippen LogP contribution in [0.15, 0.2) is 77.8 Å². The van der Waals surface area contributed by atoms with Crippen molar-refractivity contribution >= 4 is 21.9 Å². The highest BCUT2D eigenvalue weighted by molar-refractivity contribution is 7.89. The molecule has 0 aliphatic carbocycles. The van der Waals surface area contributed by atoms with Crippen molar-refractivity contribution in [3.05, 3.63) is 89.6 Å². The molecular formula is C32H36N4O5S. The first-order chi connectivity index (χ1) is 20.1. The van der Waals surface area contributed by atoms with E-state index in [0.29, 0.717) is 18.2 Å². The molecule has 4 aromatic rings. The molecule has 9 nitrogen and oxygen atoms in total. The molecule has 1 aliphatic rings. The molecule has 3 aromatic carbocycles. The zero-order valence-electron chi connectivity index (χ0n) is 24.3. The average molecular weight is 589 g/mol. The fraction of sp³-hybridized carbons (Fsp3) is 0.312. The molecule has 2 heterocycles. The number of anilines is 1. The average Bonchev–Trinajstić information content (AvgIpc) is 3.65. The number of benzene rings is 3. The first-order valence-corrected chi connectivity index (χ1v) is 15.4. The minimum Gasteiger partial charge on any atom is -0.497 e. The zero-order chi connectivity index (χ0) is 29.9. The van der Waals surface area contributed by atoms with E-state index in [4.69, 9.17) is 14.5 Å². The third-order valence-electron chi connectivity index (χ3n) is 7.52. The lowest BCUT2D eigenvalue weighted by molar-refractivity contribution is -0.116. The smallest absolute Gasteiger partial charge is 0.243 e. The molecule has 1 amide bonds. The number of sulfonamides is 1. The number of nitrogens with zero attached hydrogens (tertiary/aromatic N) is 3. The number of nitrogens with one attached hydrogen (secondary N) is 1. The lowest BCUT2D eigenvalue weighted by Gasteiger charge is -2.24. The number of carbonyl (C=O) groups is 1. The second kappa shape index (κ2) is 12.5. The van der Waals surface area contributed by atoms with Gasteiger partial charge in [-0.15, -0.1) is 0 Å². The van der Waals surface area contributed by atoms with E-state index in [2.05, 4.69) is 5.32 Å². The third kappa shape index (κ3) is 6.56. The van der Waals surface area contributed by atoms with E-state index in [9.17, 15) is 13.2 Å². The lowest BCUT2D eigenvalue weighted by Crippen LogP contribution is -2.42. The number of carbonyl (C=O) groups excluding carboxylic acids is 1. The molecule has 1 aromatic heterocycles. The molecule has 10 heteroatoms. The van der Waals surface area contributed by atoms with E-state index >= 15 is 0 Å². The van der Waals surface area contributed by atoms with Gasteiger partial charge in [0.25, 0.3) is 0 Å². The Morgan fingerprint density at radius 3 is 2.43 bits per heavy atom. The molecule has 0 spiro atoms. The summed E-state index contributed by atoms with van der Waals surface area (Å²) in [6.45, 7) is 6.25. The van der Waals surface area contributed by atoms with E-state index in [1.807, 2.05) is 74.0 Å². The Hall–Kier alpha value is -3.99. The molecule has 1 unspecified atom stereocenters. The standard InChI is InChI=1S/C32H36N4O5S/c1-22-7-15-29(16-8-22)42(38,39)35(19-28-6-5-17-41-28)21-31(37)34-32-33-30(25-10-13-27(40-4)14-11-25)20-36(32)26-12-9-23(2)24(3)18-26/h7-16,18,20,28H,5-6,17,19,21H2,1-4H3,(H,33,34,37). The normalized spacial score (nSPS) is 15.2.